The second-order valence-electron chi connectivity index (χ2n) is 23.4. The number of nitrogens with two attached hydrogens (primary N) is 1. The van der Waals surface area contributed by atoms with Gasteiger partial charge in [-0.15, -0.1) is 0 Å². The highest BCUT2D eigenvalue weighted by Crippen LogP contribution is 2.35. The molecule has 4 aromatic heterocycles. The molecule has 11 rings (SSSR count). The first-order valence-electron chi connectivity index (χ1n) is 31.0. The monoisotopic (exact) mass is 1160 g/mol. The van der Waals surface area contributed by atoms with Crippen molar-refractivity contribution in [2.45, 2.75) is 142 Å². The van der Waals surface area contributed by atoms with Gasteiger partial charge in [0, 0.05) is 87.5 Å². The molecule has 0 bridgehead atoms. The maximum absolute atomic E-state index is 11.9. The van der Waals surface area contributed by atoms with Crippen molar-refractivity contribution in [1.82, 2.24) is 40.0 Å². The van der Waals surface area contributed by atoms with Crippen LogP contribution in [0.5, 0.6) is 0 Å². The lowest BCUT2D eigenvalue weighted by molar-refractivity contribution is -0.118. The zero-order valence-corrected chi connectivity index (χ0v) is 51.6. The summed E-state index contributed by atoms with van der Waals surface area (Å²) >= 11 is 0. The van der Waals surface area contributed by atoms with Crippen molar-refractivity contribution < 1.29 is 38.4 Å². The van der Waals surface area contributed by atoms with Crippen molar-refractivity contribution in [3.8, 4) is 0 Å². The van der Waals surface area contributed by atoms with Gasteiger partial charge in [-0.3, -0.25) is 14.4 Å². The van der Waals surface area contributed by atoms with E-state index in [-0.39, 0.29) is 42.1 Å². The fraction of sp³-hybridized carbons (Fsp3) is 0.641. The highest BCUT2D eigenvalue weighted by molar-refractivity contribution is 5.94. The molecule has 0 spiro atoms. The number of nitrogens with one attached hydrogen (secondary N) is 4. The number of carbonyl (C=O) groups excluding carboxylic acids is 3. The summed E-state index contributed by atoms with van der Waals surface area (Å²) in [4.78, 5) is 60.5. The van der Waals surface area contributed by atoms with E-state index in [2.05, 4.69) is 113 Å². The number of aliphatic hydroxyl groups is 1. The van der Waals surface area contributed by atoms with Crippen LogP contribution < -0.4 is 27.0 Å². The molecular formula is C64H98N12O8. The average molecular weight is 1160 g/mol. The standard InChI is InChI=1S/2C17H25N3O2.C14H18N2O3.C13H21N3O.C3H9N/c2*1-3-20(2)10-15-14(13-8-9-22-11-13)6-7-16(18-15)19-17(21)12-4-5-12;17-7-12-11(10-5-6-19-8-10)3-4-13(15-12)16-14(18)9-1-2-9;1-3-16(2)8-12-11(4-5-13(14)15-12)10-6-7-17-9-10;1-3-4-2/h2*6-7,12-13H,3-5,8-11H2,1-2H3,(H,18,19,21);3-4,9-10,17H,1-2,5-8H2,(H,15,16,18);4-5,10H,3,6-9H2,1-2H3,(H2,14,15);4H,3H2,1-2H3. The van der Waals surface area contributed by atoms with E-state index in [9.17, 15) is 19.5 Å². The summed E-state index contributed by atoms with van der Waals surface area (Å²) in [6.07, 6.45) is 10.1. The van der Waals surface area contributed by atoms with Crippen LogP contribution in [0.1, 0.15) is 161 Å². The van der Waals surface area contributed by atoms with Gasteiger partial charge in [-0.1, -0.05) is 52.0 Å². The average Bonchev–Trinajstić information content (AvgIpc) is 4.64. The van der Waals surface area contributed by atoms with Gasteiger partial charge in [0.1, 0.15) is 23.3 Å². The third-order valence-corrected chi connectivity index (χ3v) is 16.5. The van der Waals surface area contributed by atoms with Gasteiger partial charge in [0.25, 0.3) is 0 Å². The van der Waals surface area contributed by atoms with Gasteiger partial charge in [0.2, 0.25) is 17.7 Å². The van der Waals surface area contributed by atoms with Crippen LogP contribution in [-0.2, 0) is 59.6 Å². The van der Waals surface area contributed by atoms with Crippen molar-refractivity contribution in [2.24, 2.45) is 17.8 Å². The molecule has 84 heavy (non-hydrogen) atoms. The Kier molecular flexibility index (Phi) is 26.7. The van der Waals surface area contributed by atoms with Gasteiger partial charge in [-0.2, -0.15) is 0 Å². The van der Waals surface area contributed by atoms with E-state index < -0.39 is 0 Å². The summed E-state index contributed by atoms with van der Waals surface area (Å²) in [6.45, 7) is 21.2. The molecule has 0 radical (unpaired) electrons. The predicted molar refractivity (Wildman–Crippen MR) is 330 cm³/mol. The number of rotatable bonds is 21. The van der Waals surface area contributed by atoms with Crippen molar-refractivity contribution in [1.29, 1.82) is 0 Å². The maximum atomic E-state index is 11.9. The number of aromatic nitrogens is 4. The molecule has 462 valence electrons. The Bertz CT molecular complexity index is 2580. The minimum Gasteiger partial charge on any atom is -0.390 e. The topological polar surface area (TPSA) is 244 Å². The second-order valence-corrected chi connectivity index (χ2v) is 23.4. The lowest BCUT2D eigenvalue weighted by Crippen LogP contribution is -2.21. The lowest BCUT2D eigenvalue weighted by Gasteiger charge is -2.19. The molecule has 20 nitrogen and oxygen atoms in total. The number of aliphatic hydroxyl groups excluding tert-OH is 1. The normalized spacial score (nSPS) is 20.7. The smallest absolute Gasteiger partial charge is 0.228 e. The van der Waals surface area contributed by atoms with Crippen molar-refractivity contribution in [3.05, 3.63) is 93.6 Å². The molecule has 4 unspecified atom stereocenters. The predicted octanol–water partition coefficient (Wildman–Crippen LogP) is 8.04. The number of carbonyl (C=O) groups is 3. The molecule has 3 amide bonds. The first kappa shape index (κ1) is 66.0. The van der Waals surface area contributed by atoms with Crippen LogP contribution in [0, 0.1) is 17.8 Å². The van der Waals surface area contributed by atoms with Gasteiger partial charge in [-0.25, -0.2) is 19.9 Å². The maximum Gasteiger partial charge on any atom is 0.228 e. The molecule has 0 aromatic carbocycles. The van der Waals surface area contributed by atoms with E-state index in [0.717, 1.165) is 179 Å². The Balaban J connectivity index is 0.000000158. The van der Waals surface area contributed by atoms with E-state index in [1.54, 1.807) is 0 Å². The highest BCUT2D eigenvalue weighted by Gasteiger charge is 2.33. The Morgan fingerprint density at radius 3 is 1.02 bits per heavy atom. The number of hydrogen-bond acceptors (Lipinski definition) is 17. The summed E-state index contributed by atoms with van der Waals surface area (Å²) in [7, 11) is 8.21. The van der Waals surface area contributed by atoms with Crippen LogP contribution in [0.25, 0.3) is 0 Å². The zero-order valence-electron chi connectivity index (χ0n) is 51.6. The van der Waals surface area contributed by atoms with Crippen molar-refractivity contribution >= 4 is 41.0 Å². The van der Waals surface area contributed by atoms with Crippen LogP contribution in [0.2, 0.25) is 0 Å². The van der Waals surface area contributed by atoms with Crippen LogP contribution >= 0.6 is 0 Å². The molecular weight excluding hydrogens is 1060 g/mol. The molecule has 4 saturated heterocycles. The first-order valence-corrected chi connectivity index (χ1v) is 31.0. The Morgan fingerprint density at radius 2 is 0.762 bits per heavy atom. The number of pyridine rings is 4. The van der Waals surface area contributed by atoms with Crippen LogP contribution in [0.4, 0.5) is 23.3 Å². The molecule has 7 N–H and O–H groups in total. The third kappa shape index (κ3) is 20.9. The molecule has 3 saturated carbocycles. The molecule has 7 fully saturated rings. The van der Waals surface area contributed by atoms with E-state index in [4.69, 9.17) is 34.6 Å². The molecule has 4 aromatic rings. The summed E-state index contributed by atoms with van der Waals surface area (Å²) in [5.41, 5.74) is 14.5. The minimum absolute atomic E-state index is 0.0355. The molecule has 3 aliphatic carbocycles. The Morgan fingerprint density at radius 1 is 0.476 bits per heavy atom. The Hall–Kier alpha value is -5.55. The fourth-order valence-electron chi connectivity index (χ4n) is 10.2. The fourth-order valence-corrected chi connectivity index (χ4v) is 10.2. The number of anilines is 4. The van der Waals surface area contributed by atoms with Crippen molar-refractivity contribution in [2.75, 3.05) is 129 Å². The summed E-state index contributed by atoms with van der Waals surface area (Å²) in [6, 6.07) is 15.9. The first-order chi connectivity index (χ1) is 40.7. The molecule has 20 heteroatoms. The highest BCUT2D eigenvalue weighted by atomic mass is 16.5. The van der Waals surface area contributed by atoms with E-state index in [0.29, 0.717) is 59.2 Å². The molecule has 4 atom stereocenters. The van der Waals surface area contributed by atoms with Crippen LogP contribution in [0.3, 0.4) is 0 Å². The van der Waals surface area contributed by atoms with Crippen molar-refractivity contribution in [3.63, 3.8) is 0 Å². The van der Waals surface area contributed by atoms with E-state index >= 15 is 0 Å². The summed E-state index contributed by atoms with van der Waals surface area (Å²) < 4.78 is 21.9. The van der Waals surface area contributed by atoms with E-state index in [1.807, 2.05) is 37.4 Å². The number of nitrogens with zero attached hydrogens (tertiary/aromatic N) is 7. The quantitative estimate of drug-likeness (QED) is 0.0462. The van der Waals surface area contributed by atoms with Crippen LogP contribution in [-0.4, -0.2) is 165 Å². The van der Waals surface area contributed by atoms with Gasteiger partial charge in [-0.05, 0) is 165 Å². The van der Waals surface area contributed by atoms with Gasteiger partial charge in [0.05, 0.1) is 55.8 Å². The lowest BCUT2D eigenvalue weighted by atomic mass is 9.96. The number of amides is 3. The summed E-state index contributed by atoms with van der Waals surface area (Å²) in [5, 5.41) is 21.1. The number of ether oxygens (including phenoxy) is 4. The molecule has 4 aliphatic heterocycles. The van der Waals surface area contributed by atoms with Gasteiger partial charge >= 0.3 is 0 Å². The van der Waals surface area contributed by atoms with E-state index in [1.165, 1.54) is 16.7 Å². The van der Waals surface area contributed by atoms with Gasteiger partial charge < -0.3 is 65.8 Å². The minimum atomic E-state index is -0.112. The SMILES string of the molecule is CCN(C)Cc1nc(N)ccc1C1CCOC1.CCN(C)Cc1nc(NC(=O)C2CC2)ccc1C1CCOC1.CCN(C)Cc1nc(NC(=O)C2CC2)ccc1C1CCOC1.CCNC.O=C(Nc1ccc(C2CCOC2)c(CO)n1)C1CC1. The number of nitrogen functional groups attached to an aromatic ring is 1. The summed E-state index contributed by atoms with van der Waals surface area (Å²) in [5.74, 6) is 4.97. The largest absolute Gasteiger partial charge is 0.390 e. The third-order valence-electron chi connectivity index (χ3n) is 16.5. The number of hydrogen-bond donors (Lipinski definition) is 6. The van der Waals surface area contributed by atoms with Crippen LogP contribution in [0.15, 0.2) is 48.5 Å². The zero-order chi connectivity index (χ0) is 60.0. The second kappa shape index (κ2) is 34.0. The van der Waals surface area contributed by atoms with Gasteiger partial charge in [0.15, 0.2) is 0 Å². The molecule has 7 aliphatic rings. The Labute approximate surface area is 499 Å². The molecule has 8 heterocycles.